The highest BCUT2D eigenvalue weighted by Crippen LogP contribution is 2.31. The lowest BCUT2D eigenvalue weighted by Gasteiger charge is -2.14. The number of allylic oxidation sites excluding steroid dienone is 1. The molecule has 2 nitrogen and oxygen atoms in total. The summed E-state index contributed by atoms with van der Waals surface area (Å²) < 4.78 is 5.42. The molecule has 84 valence electrons. The van der Waals surface area contributed by atoms with Gasteiger partial charge in [-0.05, 0) is 36.0 Å². The van der Waals surface area contributed by atoms with E-state index in [9.17, 15) is 0 Å². The molecule has 1 unspecified atom stereocenters. The second kappa shape index (κ2) is 4.04. The maximum Gasteiger partial charge on any atom is 0.0725 e. The van der Waals surface area contributed by atoms with Gasteiger partial charge in [-0.25, -0.2) is 0 Å². The van der Waals surface area contributed by atoms with Crippen LogP contribution in [0.1, 0.15) is 42.0 Å². The van der Waals surface area contributed by atoms with Gasteiger partial charge in [0.05, 0.1) is 19.3 Å². The van der Waals surface area contributed by atoms with Gasteiger partial charge < -0.3 is 10.5 Å². The van der Waals surface area contributed by atoms with Crippen molar-refractivity contribution in [2.45, 2.75) is 38.5 Å². The summed E-state index contributed by atoms with van der Waals surface area (Å²) in [6.07, 6.45) is 5.91. The average Bonchev–Trinajstić information content (AvgIpc) is 2.98. The van der Waals surface area contributed by atoms with Crippen LogP contribution in [-0.2, 0) is 18.0 Å². The highest BCUT2D eigenvalue weighted by molar-refractivity contribution is 5.37. The number of hydrogen-bond acceptors (Lipinski definition) is 2. The number of rotatable bonds is 2. The molecule has 1 heterocycles. The van der Waals surface area contributed by atoms with Gasteiger partial charge >= 0.3 is 0 Å². The van der Waals surface area contributed by atoms with Crippen molar-refractivity contribution in [1.82, 2.24) is 0 Å². The van der Waals surface area contributed by atoms with Crippen LogP contribution in [0.3, 0.4) is 0 Å². The van der Waals surface area contributed by atoms with Crippen molar-refractivity contribution >= 4 is 0 Å². The zero-order chi connectivity index (χ0) is 11.0. The fourth-order valence-electron chi connectivity index (χ4n) is 2.58. The smallest absolute Gasteiger partial charge is 0.0725 e. The molecule has 2 aliphatic rings. The van der Waals surface area contributed by atoms with E-state index in [1.54, 1.807) is 0 Å². The molecule has 1 atom stereocenters. The van der Waals surface area contributed by atoms with Gasteiger partial charge in [-0.3, -0.25) is 0 Å². The van der Waals surface area contributed by atoms with Gasteiger partial charge in [-0.2, -0.15) is 0 Å². The number of ether oxygens (including phenoxy) is 1. The molecule has 0 saturated carbocycles. The van der Waals surface area contributed by atoms with E-state index in [2.05, 4.69) is 24.3 Å². The Morgan fingerprint density at radius 1 is 1.19 bits per heavy atom. The van der Waals surface area contributed by atoms with Gasteiger partial charge in [0.2, 0.25) is 0 Å². The molecular formula is C14H17NO. The van der Waals surface area contributed by atoms with Gasteiger partial charge in [0.15, 0.2) is 0 Å². The fourth-order valence-corrected chi connectivity index (χ4v) is 2.58. The van der Waals surface area contributed by atoms with Gasteiger partial charge in [0.25, 0.3) is 0 Å². The van der Waals surface area contributed by atoms with E-state index in [4.69, 9.17) is 10.5 Å². The van der Waals surface area contributed by atoms with Crippen LogP contribution in [0.25, 0.3) is 0 Å². The topological polar surface area (TPSA) is 35.2 Å². The van der Waals surface area contributed by atoms with Crippen LogP contribution in [0.2, 0.25) is 0 Å². The van der Waals surface area contributed by atoms with E-state index >= 15 is 0 Å². The second-order valence-corrected chi connectivity index (χ2v) is 4.67. The third-order valence-corrected chi connectivity index (χ3v) is 3.58. The van der Waals surface area contributed by atoms with Crippen molar-refractivity contribution in [3.63, 3.8) is 0 Å². The fraction of sp³-hybridized carbons (Fsp3) is 0.429. The Bertz CT molecular complexity index is 436. The standard InChI is InChI=1S/C14H17NO/c15-14(10-3-1-2-4-10)11-5-6-12-8-16-9-13(12)7-11/h3,5-7,14H,1-2,4,8-9,15H2. The second-order valence-electron chi connectivity index (χ2n) is 4.67. The van der Waals surface area contributed by atoms with Gasteiger partial charge in [-0.15, -0.1) is 0 Å². The predicted molar refractivity (Wildman–Crippen MR) is 63.8 cm³/mol. The van der Waals surface area contributed by atoms with Crippen LogP contribution in [0, 0.1) is 0 Å². The first kappa shape index (κ1) is 10.1. The molecule has 2 N–H and O–H groups in total. The summed E-state index contributed by atoms with van der Waals surface area (Å²) in [6.45, 7) is 1.50. The predicted octanol–water partition coefficient (Wildman–Crippen LogP) is 2.83. The van der Waals surface area contributed by atoms with Crippen molar-refractivity contribution in [2.75, 3.05) is 0 Å². The Labute approximate surface area is 96.1 Å². The lowest BCUT2D eigenvalue weighted by Crippen LogP contribution is -2.12. The minimum Gasteiger partial charge on any atom is -0.372 e. The highest BCUT2D eigenvalue weighted by atomic mass is 16.5. The summed E-state index contributed by atoms with van der Waals surface area (Å²) in [5.74, 6) is 0. The van der Waals surface area contributed by atoms with Gasteiger partial charge in [0, 0.05) is 0 Å². The summed E-state index contributed by atoms with van der Waals surface area (Å²) >= 11 is 0. The Morgan fingerprint density at radius 2 is 2.06 bits per heavy atom. The third kappa shape index (κ3) is 1.68. The first-order valence-corrected chi connectivity index (χ1v) is 5.98. The molecule has 0 spiro atoms. The molecule has 0 fully saturated rings. The van der Waals surface area contributed by atoms with E-state index < -0.39 is 0 Å². The van der Waals surface area contributed by atoms with E-state index in [-0.39, 0.29) is 6.04 Å². The number of nitrogens with two attached hydrogens (primary N) is 1. The lowest BCUT2D eigenvalue weighted by molar-refractivity contribution is 0.134. The summed E-state index contributed by atoms with van der Waals surface area (Å²) in [7, 11) is 0. The van der Waals surface area contributed by atoms with Crippen LogP contribution < -0.4 is 5.73 Å². The molecule has 16 heavy (non-hydrogen) atoms. The van der Waals surface area contributed by atoms with E-state index in [0.29, 0.717) is 0 Å². The normalized spacial score (nSPS) is 20.7. The van der Waals surface area contributed by atoms with E-state index in [1.807, 2.05) is 0 Å². The first-order chi connectivity index (χ1) is 7.84. The SMILES string of the molecule is NC(C1=CCCC1)c1ccc2c(c1)COC2. The highest BCUT2D eigenvalue weighted by Gasteiger charge is 2.17. The molecular weight excluding hydrogens is 198 g/mol. The summed E-state index contributed by atoms with van der Waals surface area (Å²) in [4.78, 5) is 0. The third-order valence-electron chi connectivity index (χ3n) is 3.58. The van der Waals surface area contributed by atoms with E-state index in [1.165, 1.54) is 35.1 Å². The molecule has 0 amide bonds. The van der Waals surface area contributed by atoms with Crippen LogP contribution in [0.5, 0.6) is 0 Å². The Hall–Kier alpha value is -1.12. The summed E-state index contributed by atoms with van der Waals surface area (Å²) in [5.41, 5.74) is 11.5. The Balaban J connectivity index is 1.89. The minimum absolute atomic E-state index is 0.0911. The van der Waals surface area contributed by atoms with Crippen LogP contribution in [0.4, 0.5) is 0 Å². The number of benzene rings is 1. The lowest BCUT2D eigenvalue weighted by atomic mass is 9.96. The molecule has 1 aromatic carbocycles. The van der Waals surface area contributed by atoms with Crippen LogP contribution in [-0.4, -0.2) is 0 Å². The summed E-state index contributed by atoms with van der Waals surface area (Å²) in [6, 6.07) is 6.62. The van der Waals surface area contributed by atoms with Gasteiger partial charge in [0.1, 0.15) is 0 Å². The molecule has 0 saturated heterocycles. The Kier molecular flexibility index (Phi) is 2.54. The van der Waals surface area contributed by atoms with Crippen molar-refractivity contribution in [3.05, 3.63) is 46.5 Å². The van der Waals surface area contributed by atoms with E-state index in [0.717, 1.165) is 19.6 Å². The monoisotopic (exact) mass is 215 g/mol. The molecule has 1 aliphatic carbocycles. The van der Waals surface area contributed by atoms with Crippen LogP contribution >= 0.6 is 0 Å². The number of hydrogen-bond donors (Lipinski definition) is 1. The van der Waals surface area contributed by atoms with Crippen molar-refractivity contribution < 1.29 is 4.74 Å². The molecule has 1 aliphatic heterocycles. The zero-order valence-electron chi connectivity index (χ0n) is 9.41. The maximum absolute atomic E-state index is 6.29. The molecule has 1 aromatic rings. The molecule has 0 aromatic heterocycles. The Morgan fingerprint density at radius 3 is 2.88 bits per heavy atom. The van der Waals surface area contributed by atoms with Gasteiger partial charge in [-0.1, -0.05) is 29.8 Å². The maximum atomic E-state index is 6.29. The van der Waals surface area contributed by atoms with Crippen molar-refractivity contribution in [2.24, 2.45) is 5.73 Å². The van der Waals surface area contributed by atoms with Crippen molar-refractivity contribution in [1.29, 1.82) is 0 Å². The first-order valence-electron chi connectivity index (χ1n) is 5.98. The largest absolute Gasteiger partial charge is 0.372 e. The zero-order valence-corrected chi connectivity index (χ0v) is 9.41. The minimum atomic E-state index is 0.0911. The van der Waals surface area contributed by atoms with Crippen LogP contribution in [0.15, 0.2) is 29.8 Å². The quantitative estimate of drug-likeness (QED) is 0.770. The average molecular weight is 215 g/mol. The summed E-state index contributed by atoms with van der Waals surface area (Å²) in [5, 5.41) is 0. The number of fused-ring (bicyclic) bond motifs is 1. The molecule has 0 bridgehead atoms. The van der Waals surface area contributed by atoms with Crippen molar-refractivity contribution in [3.8, 4) is 0 Å². The molecule has 3 rings (SSSR count). The molecule has 2 heteroatoms. The molecule has 0 radical (unpaired) electrons.